The summed E-state index contributed by atoms with van der Waals surface area (Å²) in [6, 6.07) is 7.00. The number of nitrogens with zero attached hydrogens (tertiary/aromatic N) is 1. The Morgan fingerprint density at radius 2 is 1.50 bits per heavy atom. The van der Waals surface area contributed by atoms with E-state index in [0.29, 0.717) is 17.3 Å². The zero-order valence-corrected chi connectivity index (χ0v) is 20.0. The fraction of sp³-hybridized carbons (Fsp3) is 0.741. The first-order valence-corrected chi connectivity index (χ1v) is 11.8. The molecule has 1 aliphatic carbocycles. The first kappa shape index (κ1) is 21.6. The first-order valence-electron chi connectivity index (χ1n) is 11.8. The summed E-state index contributed by atoms with van der Waals surface area (Å²) in [5.74, 6) is 3.49. The Kier molecular flexibility index (Phi) is 5.87. The van der Waals surface area contributed by atoms with Crippen LogP contribution in [0.2, 0.25) is 0 Å². The third kappa shape index (κ3) is 3.71. The molecule has 28 heavy (non-hydrogen) atoms. The van der Waals surface area contributed by atoms with Crippen molar-refractivity contribution in [3.63, 3.8) is 0 Å². The van der Waals surface area contributed by atoms with Gasteiger partial charge in [-0.15, -0.1) is 0 Å². The Morgan fingerprint density at radius 3 is 2.00 bits per heavy atom. The average molecular weight is 383 g/mol. The summed E-state index contributed by atoms with van der Waals surface area (Å²) >= 11 is 0. The van der Waals surface area contributed by atoms with E-state index >= 15 is 0 Å². The summed E-state index contributed by atoms with van der Waals surface area (Å²) in [5, 5.41) is 0. The summed E-state index contributed by atoms with van der Waals surface area (Å²) < 4.78 is 2.73. The summed E-state index contributed by atoms with van der Waals surface area (Å²) in [7, 11) is 0. The molecule has 1 spiro atoms. The molecule has 0 amide bonds. The second-order valence-corrected chi connectivity index (χ2v) is 11.6. The molecule has 3 rings (SSSR count). The molecule has 0 unspecified atom stereocenters. The highest BCUT2D eigenvalue weighted by molar-refractivity contribution is 5.68. The lowest BCUT2D eigenvalue weighted by Gasteiger charge is -2.43. The molecule has 0 bridgehead atoms. The van der Waals surface area contributed by atoms with Gasteiger partial charge >= 0.3 is 0 Å². The van der Waals surface area contributed by atoms with Gasteiger partial charge in [-0.1, -0.05) is 73.1 Å². The van der Waals surface area contributed by atoms with E-state index in [0.717, 1.165) is 17.8 Å². The lowest BCUT2D eigenvalue weighted by Crippen LogP contribution is -2.41. The van der Waals surface area contributed by atoms with Gasteiger partial charge in [0.25, 0.3) is 0 Å². The van der Waals surface area contributed by atoms with Crippen molar-refractivity contribution in [1.82, 2.24) is 0 Å². The van der Waals surface area contributed by atoms with Gasteiger partial charge in [0.15, 0.2) is 11.8 Å². The van der Waals surface area contributed by atoms with Gasteiger partial charge in [-0.2, -0.15) is 4.58 Å². The van der Waals surface area contributed by atoms with Crippen molar-refractivity contribution in [2.75, 3.05) is 0 Å². The highest BCUT2D eigenvalue weighted by atomic mass is 15.1. The van der Waals surface area contributed by atoms with Gasteiger partial charge in [-0.25, -0.2) is 0 Å². The molecule has 0 saturated heterocycles. The van der Waals surface area contributed by atoms with E-state index in [1.54, 1.807) is 0 Å². The Bertz CT molecular complexity index is 710. The van der Waals surface area contributed by atoms with Crippen LogP contribution in [0.3, 0.4) is 0 Å². The van der Waals surface area contributed by atoms with Crippen LogP contribution in [0.4, 0.5) is 5.69 Å². The molecule has 1 heteroatoms. The molecule has 2 aliphatic rings. The zero-order chi connectivity index (χ0) is 20.9. The number of hydrogen-bond donors (Lipinski definition) is 0. The van der Waals surface area contributed by atoms with E-state index < -0.39 is 0 Å². The molecule has 1 aromatic carbocycles. The van der Waals surface area contributed by atoms with E-state index in [1.807, 2.05) is 0 Å². The monoisotopic (exact) mass is 382 g/mol. The van der Waals surface area contributed by atoms with Crippen LogP contribution in [-0.2, 0) is 0 Å². The van der Waals surface area contributed by atoms with Crippen LogP contribution < -0.4 is 0 Å². The molecule has 0 radical (unpaired) electrons. The predicted octanol–water partition coefficient (Wildman–Crippen LogP) is 7.91. The van der Waals surface area contributed by atoms with Gasteiger partial charge in [0, 0.05) is 31.4 Å². The molecule has 0 aromatic heterocycles. The molecule has 1 saturated carbocycles. The maximum Gasteiger partial charge on any atom is 0.212 e. The molecule has 1 aliphatic heterocycles. The zero-order valence-electron chi connectivity index (χ0n) is 20.0. The van der Waals surface area contributed by atoms with E-state index in [-0.39, 0.29) is 5.54 Å². The van der Waals surface area contributed by atoms with E-state index in [1.165, 1.54) is 42.5 Å². The van der Waals surface area contributed by atoms with Gasteiger partial charge in [0.1, 0.15) is 0 Å². The summed E-state index contributed by atoms with van der Waals surface area (Å²) in [4.78, 5) is 0. The van der Waals surface area contributed by atoms with Crippen molar-refractivity contribution in [3.05, 3.63) is 29.3 Å². The normalized spacial score (nSPS) is 29.9. The summed E-state index contributed by atoms with van der Waals surface area (Å²) in [5.41, 5.74) is 5.05. The topological polar surface area (TPSA) is 3.01 Å². The van der Waals surface area contributed by atoms with Crippen LogP contribution in [-0.4, -0.2) is 16.3 Å². The second-order valence-electron chi connectivity index (χ2n) is 11.6. The predicted molar refractivity (Wildman–Crippen MR) is 123 cm³/mol. The lowest BCUT2D eigenvalue weighted by atomic mass is 9.58. The first-order chi connectivity index (χ1) is 13.0. The standard InChI is InChI=1S/C27H44N/c1-18(2)22-11-10-12-23(19(3)4)25(22)28-17-27(16-26(28,8)9)15-21(7)13-14-24(27)20(5)6/h10-12,17-21,24H,13-16H2,1-9H3/q+1/t21-,24+,27+/m1/s1. The van der Waals surface area contributed by atoms with Gasteiger partial charge < -0.3 is 0 Å². The third-order valence-electron chi connectivity index (χ3n) is 7.63. The quantitative estimate of drug-likeness (QED) is 0.465. The molecule has 1 nitrogen and oxygen atoms in total. The molecule has 1 aromatic rings. The Balaban J connectivity index is 2.22. The smallest absolute Gasteiger partial charge is 0.197 e. The number of rotatable bonds is 4. The molecule has 156 valence electrons. The lowest BCUT2D eigenvalue weighted by molar-refractivity contribution is -0.513. The van der Waals surface area contributed by atoms with Gasteiger partial charge in [-0.05, 0) is 42.4 Å². The van der Waals surface area contributed by atoms with Gasteiger partial charge in [0.2, 0.25) is 5.69 Å². The fourth-order valence-corrected chi connectivity index (χ4v) is 6.53. The minimum absolute atomic E-state index is 0.166. The van der Waals surface area contributed by atoms with Crippen LogP contribution in [0, 0.1) is 23.2 Å². The number of hydrogen-bond acceptors (Lipinski definition) is 0. The van der Waals surface area contributed by atoms with E-state index in [2.05, 4.69) is 91.3 Å². The van der Waals surface area contributed by atoms with Gasteiger partial charge in [-0.3, -0.25) is 0 Å². The van der Waals surface area contributed by atoms with Crippen LogP contribution in [0.15, 0.2) is 18.2 Å². The average Bonchev–Trinajstić information content (AvgIpc) is 2.83. The van der Waals surface area contributed by atoms with Crippen LogP contribution in [0.25, 0.3) is 0 Å². The Labute approximate surface area is 174 Å². The van der Waals surface area contributed by atoms with Crippen molar-refractivity contribution < 1.29 is 4.58 Å². The van der Waals surface area contributed by atoms with E-state index in [4.69, 9.17) is 0 Å². The molecule has 0 N–H and O–H groups in total. The molecular weight excluding hydrogens is 338 g/mol. The minimum Gasteiger partial charge on any atom is -0.197 e. The largest absolute Gasteiger partial charge is 0.212 e. The van der Waals surface area contributed by atoms with Crippen molar-refractivity contribution in [1.29, 1.82) is 0 Å². The highest BCUT2D eigenvalue weighted by Crippen LogP contribution is 2.55. The highest BCUT2D eigenvalue weighted by Gasteiger charge is 2.57. The molecular formula is C27H44N+. The maximum absolute atomic E-state index is 2.73. The Hall–Kier alpha value is -1.11. The second kappa shape index (κ2) is 7.62. The summed E-state index contributed by atoms with van der Waals surface area (Å²) in [6.45, 7) is 21.7. The number of benzene rings is 1. The maximum atomic E-state index is 2.73. The van der Waals surface area contributed by atoms with E-state index in [9.17, 15) is 0 Å². The molecule has 3 atom stereocenters. The summed E-state index contributed by atoms with van der Waals surface area (Å²) in [6.07, 6.45) is 8.16. The van der Waals surface area contributed by atoms with Crippen LogP contribution in [0.1, 0.15) is 111 Å². The number of para-hydroxylation sites is 1. The molecule has 1 heterocycles. The van der Waals surface area contributed by atoms with Crippen molar-refractivity contribution in [3.8, 4) is 0 Å². The van der Waals surface area contributed by atoms with Crippen LogP contribution in [0.5, 0.6) is 0 Å². The SMILES string of the molecule is CC(C)c1cccc(C(C)C)c1[N+]1=C[C@]2(C[C@H](C)CC[C@H]2C(C)C)CC1(C)C. The van der Waals surface area contributed by atoms with Crippen molar-refractivity contribution in [2.45, 2.75) is 105 Å². The third-order valence-corrected chi connectivity index (χ3v) is 7.63. The van der Waals surface area contributed by atoms with Crippen LogP contribution >= 0.6 is 0 Å². The minimum atomic E-state index is 0.166. The Morgan fingerprint density at radius 1 is 0.929 bits per heavy atom. The molecule has 1 fully saturated rings. The van der Waals surface area contributed by atoms with Gasteiger partial charge in [0.05, 0.1) is 5.41 Å². The van der Waals surface area contributed by atoms with Crippen molar-refractivity contribution in [2.24, 2.45) is 23.2 Å². The van der Waals surface area contributed by atoms with Crippen molar-refractivity contribution >= 4 is 11.9 Å². The fourth-order valence-electron chi connectivity index (χ4n) is 6.53.